The van der Waals surface area contributed by atoms with E-state index in [-0.39, 0.29) is 12.6 Å². The SMILES string of the molecule is CC(C)(C)OC(=O)C1(N)CCCOC1. The summed E-state index contributed by atoms with van der Waals surface area (Å²) in [5, 5.41) is 0. The minimum Gasteiger partial charge on any atom is -0.459 e. The summed E-state index contributed by atoms with van der Waals surface area (Å²) in [6.45, 7) is 6.44. The molecule has 0 spiro atoms. The number of carbonyl (C=O) groups excluding carboxylic acids is 1. The Hall–Kier alpha value is -0.610. The molecule has 1 unspecified atom stereocenters. The van der Waals surface area contributed by atoms with Crippen molar-refractivity contribution in [3.8, 4) is 0 Å². The second kappa shape index (κ2) is 3.87. The summed E-state index contributed by atoms with van der Waals surface area (Å²) in [6.07, 6.45) is 1.46. The predicted octanol–water partition coefficient (Wildman–Crippen LogP) is 0.836. The lowest BCUT2D eigenvalue weighted by atomic mass is 9.93. The standard InChI is InChI=1S/C10H19NO3/c1-9(2,3)14-8(12)10(11)5-4-6-13-7-10/h4-7,11H2,1-3H3. The summed E-state index contributed by atoms with van der Waals surface area (Å²) >= 11 is 0. The minimum atomic E-state index is -0.939. The van der Waals surface area contributed by atoms with Gasteiger partial charge < -0.3 is 15.2 Å². The minimum absolute atomic E-state index is 0.266. The van der Waals surface area contributed by atoms with Crippen molar-refractivity contribution in [2.24, 2.45) is 5.73 Å². The molecule has 0 radical (unpaired) electrons. The van der Waals surface area contributed by atoms with E-state index in [0.29, 0.717) is 13.0 Å². The highest BCUT2D eigenvalue weighted by molar-refractivity contribution is 5.81. The van der Waals surface area contributed by atoms with Crippen LogP contribution in [0.4, 0.5) is 0 Å². The van der Waals surface area contributed by atoms with Crippen LogP contribution in [0.5, 0.6) is 0 Å². The zero-order chi connectivity index (χ0) is 10.8. The lowest BCUT2D eigenvalue weighted by molar-refractivity contribution is -0.166. The number of carbonyl (C=O) groups is 1. The Morgan fingerprint density at radius 1 is 1.50 bits per heavy atom. The third kappa shape index (κ3) is 2.96. The number of nitrogens with two attached hydrogens (primary N) is 1. The Labute approximate surface area is 84.7 Å². The second-order valence-electron chi connectivity index (χ2n) is 4.81. The Bertz CT molecular complexity index is 214. The first kappa shape index (κ1) is 11.5. The number of esters is 1. The number of ether oxygens (including phenoxy) is 2. The van der Waals surface area contributed by atoms with Gasteiger partial charge in [0.05, 0.1) is 6.61 Å². The van der Waals surface area contributed by atoms with Crippen molar-refractivity contribution >= 4 is 5.97 Å². The summed E-state index contributed by atoms with van der Waals surface area (Å²) in [7, 11) is 0. The molecular weight excluding hydrogens is 182 g/mol. The van der Waals surface area contributed by atoms with Gasteiger partial charge in [-0.2, -0.15) is 0 Å². The number of hydrogen-bond donors (Lipinski definition) is 1. The monoisotopic (exact) mass is 201 g/mol. The topological polar surface area (TPSA) is 61.5 Å². The van der Waals surface area contributed by atoms with Crippen LogP contribution in [0.3, 0.4) is 0 Å². The van der Waals surface area contributed by atoms with E-state index >= 15 is 0 Å². The normalized spacial score (nSPS) is 28.6. The van der Waals surface area contributed by atoms with E-state index in [2.05, 4.69) is 0 Å². The molecule has 4 nitrogen and oxygen atoms in total. The van der Waals surface area contributed by atoms with Gasteiger partial charge in [-0.25, -0.2) is 4.79 Å². The molecule has 0 aromatic heterocycles. The van der Waals surface area contributed by atoms with Crippen LogP contribution in [-0.2, 0) is 14.3 Å². The fourth-order valence-corrected chi connectivity index (χ4v) is 1.36. The predicted molar refractivity (Wildman–Crippen MR) is 52.8 cm³/mol. The maximum Gasteiger partial charge on any atom is 0.329 e. The molecular formula is C10H19NO3. The van der Waals surface area contributed by atoms with Gasteiger partial charge in [-0.3, -0.25) is 0 Å². The Balaban J connectivity index is 2.58. The molecule has 4 heteroatoms. The maximum absolute atomic E-state index is 11.7. The smallest absolute Gasteiger partial charge is 0.329 e. The lowest BCUT2D eigenvalue weighted by Crippen LogP contribution is -2.56. The molecule has 0 amide bonds. The molecule has 1 aliphatic heterocycles. The maximum atomic E-state index is 11.7. The first-order chi connectivity index (χ1) is 6.33. The number of rotatable bonds is 1. The fourth-order valence-electron chi connectivity index (χ4n) is 1.36. The summed E-state index contributed by atoms with van der Waals surface area (Å²) in [6, 6.07) is 0. The molecule has 1 aliphatic rings. The quantitative estimate of drug-likeness (QED) is 0.638. The van der Waals surface area contributed by atoms with Crippen LogP contribution in [0.25, 0.3) is 0 Å². The molecule has 0 aromatic carbocycles. The van der Waals surface area contributed by atoms with Gasteiger partial charge in [0.15, 0.2) is 0 Å². The first-order valence-corrected chi connectivity index (χ1v) is 4.94. The molecule has 82 valence electrons. The molecule has 2 N–H and O–H groups in total. The first-order valence-electron chi connectivity index (χ1n) is 4.94. The van der Waals surface area contributed by atoms with Crippen LogP contribution in [0.1, 0.15) is 33.6 Å². The Morgan fingerprint density at radius 2 is 2.14 bits per heavy atom. The van der Waals surface area contributed by atoms with Gasteiger partial charge in [0.2, 0.25) is 0 Å². The molecule has 1 saturated heterocycles. The third-order valence-corrected chi connectivity index (χ3v) is 2.08. The zero-order valence-corrected chi connectivity index (χ0v) is 9.13. The summed E-state index contributed by atoms with van der Waals surface area (Å²) in [5.74, 6) is -0.357. The van der Waals surface area contributed by atoms with Crippen LogP contribution < -0.4 is 5.73 Å². The van der Waals surface area contributed by atoms with Crippen LogP contribution in [0, 0.1) is 0 Å². The van der Waals surface area contributed by atoms with Crippen LogP contribution in [0.2, 0.25) is 0 Å². The van der Waals surface area contributed by atoms with Crippen molar-refractivity contribution in [2.45, 2.75) is 44.8 Å². The van der Waals surface area contributed by atoms with Gasteiger partial charge in [0, 0.05) is 6.61 Å². The van der Waals surface area contributed by atoms with Gasteiger partial charge in [-0.15, -0.1) is 0 Å². The third-order valence-electron chi connectivity index (χ3n) is 2.08. The van der Waals surface area contributed by atoms with Crippen molar-refractivity contribution in [3.63, 3.8) is 0 Å². The van der Waals surface area contributed by atoms with Crippen molar-refractivity contribution in [1.29, 1.82) is 0 Å². The Kier molecular flexibility index (Phi) is 3.17. The molecule has 0 saturated carbocycles. The van der Waals surface area contributed by atoms with Gasteiger partial charge >= 0.3 is 5.97 Å². The molecule has 0 bridgehead atoms. The molecule has 1 rings (SSSR count). The van der Waals surface area contributed by atoms with Crippen molar-refractivity contribution in [1.82, 2.24) is 0 Å². The second-order valence-corrected chi connectivity index (χ2v) is 4.81. The van der Waals surface area contributed by atoms with Crippen molar-refractivity contribution in [3.05, 3.63) is 0 Å². The molecule has 0 aromatic rings. The van der Waals surface area contributed by atoms with Gasteiger partial charge in [-0.05, 0) is 33.6 Å². The zero-order valence-electron chi connectivity index (χ0n) is 9.13. The van der Waals surface area contributed by atoms with Crippen molar-refractivity contribution < 1.29 is 14.3 Å². The van der Waals surface area contributed by atoms with E-state index in [1.165, 1.54) is 0 Å². The lowest BCUT2D eigenvalue weighted by Gasteiger charge is -2.33. The molecule has 1 atom stereocenters. The van der Waals surface area contributed by atoms with E-state index in [1.54, 1.807) is 0 Å². The highest BCUT2D eigenvalue weighted by Gasteiger charge is 2.39. The van der Waals surface area contributed by atoms with Crippen LogP contribution in [-0.4, -0.2) is 30.3 Å². The molecule has 1 heterocycles. The molecule has 14 heavy (non-hydrogen) atoms. The summed E-state index contributed by atoms with van der Waals surface area (Å²) in [4.78, 5) is 11.7. The van der Waals surface area contributed by atoms with E-state index in [0.717, 1.165) is 6.42 Å². The molecule has 0 aliphatic carbocycles. The average Bonchev–Trinajstić information content (AvgIpc) is 2.02. The van der Waals surface area contributed by atoms with E-state index < -0.39 is 11.1 Å². The van der Waals surface area contributed by atoms with Gasteiger partial charge in [-0.1, -0.05) is 0 Å². The Morgan fingerprint density at radius 3 is 2.57 bits per heavy atom. The summed E-state index contributed by atoms with van der Waals surface area (Å²) in [5.41, 5.74) is 4.49. The van der Waals surface area contributed by atoms with Crippen molar-refractivity contribution in [2.75, 3.05) is 13.2 Å². The van der Waals surface area contributed by atoms with Crippen LogP contribution >= 0.6 is 0 Å². The van der Waals surface area contributed by atoms with E-state index in [4.69, 9.17) is 15.2 Å². The molecule has 1 fully saturated rings. The van der Waals surface area contributed by atoms with E-state index in [9.17, 15) is 4.79 Å². The highest BCUT2D eigenvalue weighted by atomic mass is 16.6. The van der Waals surface area contributed by atoms with Crippen LogP contribution in [0.15, 0.2) is 0 Å². The largest absolute Gasteiger partial charge is 0.459 e. The average molecular weight is 201 g/mol. The highest BCUT2D eigenvalue weighted by Crippen LogP contribution is 2.20. The van der Waals surface area contributed by atoms with Gasteiger partial charge in [0.25, 0.3) is 0 Å². The van der Waals surface area contributed by atoms with Gasteiger partial charge in [0.1, 0.15) is 11.1 Å². The fraction of sp³-hybridized carbons (Fsp3) is 0.900. The number of hydrogen-bond acceptors (Lipinski definition) is 4. The van der Waals surface area contributed by atoms with E-state index in [1.807, 2.05) is 20.8 Å². The summed E-state index contributed by atoms with van der Waals surface area (Å²) < 4.78 is 10.4.